The summed E-state index contributed by atoms with van der Waals surface area (Å²) in [5, 5.41) is 0.0990. The van der Waals surface area contributed by atoms with Crippen LogP contribution < -0.4 is 5.32 Å². The molecule has 5 aromatic carbocycles. The van der Waals surface area contributed by atoms with Gasteiger partial charge in [0.05, 0.1) is 57.5 Å². The summed E-state index contributed by atoms with van der Waals surface area (Å²) >= 11 is 8.81. The van der Waals surface area contributed by atoms with Crippen molar-refractivity contribution in [1.82, 2.24) is 5.32 Å². The summed E-state index contributed by atoms with van der Waals surface area (Å²) in [4.78, 5) is 28.1. The van der Waals surface area contributed by atoms with Gasteiger partial charge in [0.25, 0.3) is 5.06 Å². The summed E-state index contributed by atoms with van der Waals surface area (Å²) in [6, 6.07) is 47.6. The van der Waals surface area contributed by atoms with E-state index in [2.05, 4.69) is 5.32 Å². The molecule has 9 nitrogen and oxygen atoms in total. The van der Waals surface area contributed by atoms with Gasteiger partial charge in [-0.25, -0.2) is 4.79 Å². The maximum Gasteiger partial charge on any atom is 0.355 e. The minimum absolute atomic E-state index is 0.0685. The number of methoxy groups -OCH3 is 1. The van der Waals surface area contributed by atoms with Crippen LogP contribution in [0.1, 0.15) is 29.2 Å². The fraction of sp³-hybridized carbons (Fsp3) is 0.304. The highest BCUT2D eigenvalue weighted by molar-refractivity contribution is 8.00. The first kappa shape index (κ1) is 42.1. The van der Waals surface area contributed by atoms with Gasteiger partial charge in [0.15, 0.2) is 0 Å². The van der Waals surface area contributed by atoms with E-state index in [1.807, 2.05) is 152 Å². The molecule has 57 heavy (non-hydrogen) atoms. The molecule has 1 aliphatic heterocycles. The zero-order valence-corrected chi connectivity index (χ0v) is 33.6. The Morgan fingerprint density at radius 2 is 1.18 bits per heavy atom. The van der Waals surface area contributed by atoms with Crippen molar-refractivity contribution in [3.8, 4) is 0 Å². The van der Waals surface area contributed by atoms with Gasteiger partial charge < -0.3 is 33.7 Å². The van der Waals surface area contributed by atoms with Crippen LogP contribution in [0.2, 0.25) is 0 Å². The van der Waals surface area contributed by atoms with Gasteiger partial charge in [-0.15, -0.1) is 11.8 Å². The molecule has 0 bridgehead atoms. The highest BCUT2D eigenvalue weighted by Crippen LogP contribution is 2.47. The third-order valence-corrected chi connectivity index (χ3v) is 11.5. The Labute approximate surface area is 343 Å². The molecule has 1 N–H and O–H groups in total. The van der Waals surface area contributed by atoms with Crippen LogP contribution >= 0.6 is 23.4 Å². The second kappa shape index (κ2) is 21.3. The number of carbonyl (C=O) groups is 2. The van der Waals surface area contributed by atoms with Gasteiger partial charge in [-0.1, -0.05) is 151 Å². The van der Waals surface area contributed by atoms with E-state index in [1.165, 1.54) is 25.8 Å². The topological polar surface area (TPSA) is 102 Å². The molecule has 1 aliphatic rings. The van der Waals surface area contributed by atoms with Crippen molar-refractivity contribution in [1.29, 1.82) is 0 Å². The maximum absolute atomic E-state index is 14.1. The average Bonchev–Trinajstić information content (AvgIpc) is 3.25. The van der Waals surface area contributed by atoms with Crippen LogP contribution in [0, 0.1) is 0 Å². The molecule has 11 heteroatoms. The molecule has 0 aromatic heterocycles. The Morgan fingerprint density at radius 1 is 0.702 bits per heavy atom. The lowest BCUT2D eigenvalue weighted by atomic mass is 9.88. The fourth-order valence-corrected chi connectivity index (χ4v) is 8.44. The van der Waals surface area contributed by atoms with Crippen LogP contribution in [0.25, 0.3) is 0 Å². The molecule has 6 rings (SSSR count). The highest BCUT2D eigenvalue weighted by atomic mass is 35.5. The predicted molar refractivity (Wildman–Crippen MR) is 220 cm³/mol. The average molecular weight is 810 g/mol. The number of rotatable bonds is 19. The van der Waals surface area contributed by atoms with E-state index in [9.17, 15) is 9.59 Å². The van der Waals surface area contributed by atoms with Gasteiger partial charge in [0, 0.05) is 11.8 Å². The van der Waals surface area contributed by atoms with E-state index < -0.39 is 46.7 Å². The summed E-state index contributed by atoms with van der Waals surface area (Å²) in [6.07, 6.45) is -3.82. The van der Waals surface area contributed by atoms with Crippen LogP contribution in [0.3, 0.4) is 0 Å². The van der Waals surface area contributed by atoms with Crippen molar-refractivity contribution in [3.05, 3.63) is 174 Å². The Morgan fingerprint density at radius 3 is 1.68 bits per heavy atom. The number of benzene rings is 5. The van der Waals surface area contributed by atoms with E-state index in [1.54, 1.807) is 0 Å². The van der Waals surface area contributed by atoms with Crippen molar-refractivity contribution in [2.24, 2.45) is 0 Å². The monoisotopic (exact) mass is 809 g/mol. The summed E-state index contributed by atoms with van der Waals surface area (Å²) in [5.74, 6) is -1.16. The summed E-state index contributed by atoms with van der Waals surface area (Å²) < 4.78 is 39.0. The van der Waals surface area contributed by atoms with Crippen LogP contribution in [-0.4, -0.2) is 66.4 Å². The Hall–Kier alpha value is -4.52. The van der Waals surface area contributed by atoms with Crippen molar-refractivity contribution < 1.29 is 38.0 Å². The number of thioether (sulfide) groups is 1. The van der Waals surface area contributed by atoms with Gasteiger partial charge in [0.2, 0.25) is 5.91 Å². The largest absolute Gasteiger partial charge is 0.466 e. The molecule has 1 saturated heterocycles. The molecule has 0 saturated carbocycles. The molecule has 1 amide bonds. The van der Waals surface area contributed by atoms with Gasteiger partial charge >= 0.3 is 5.97 Å². The van der Waals surface area contributed by atoms with Crippen LogP contribution in [-0.2, 0) is 64.4 Å². The van der Waals surface area contributed by atoms with Crippen LogP contribution in [0.15, 0.2) is 157 Å². The first-order chi connectivity index (χ1) is 27.8. The maximum atomic E-state index is 14.1. The van der Waals surface area contributed by atoms with E-state index in [0.717, 1.165) is 27.1 Å². The third kappa shape index (κ3) is 11.8. The Balaban J connectivity index is 1.45. The van der Waals surface area contributed by atoms with E-state index in [0.29, 0.717) is 6.61 Å². The Bertz CT molecular complexity index is 1950. The van der Waals surface area contributed by atoms with Crippen LogP contribution in [0.5, 0.6) is 0 Å². The number of amides is 1. The molecular formula is C46H48ClNO8S. The van der Waals surface area contributed by atoms with Crippen molar-refractivity contribution in [2.45, 2.75) is 79.0 Å². The number of alkyl halides is 1. The quantitative estimate of drug-likeness (QED) is 0.0655. The number of halogens is 1. The van der Waals surface area contributed by atoms with E-state index in [4.69, 9.17) is 40.0 Å². The predicted octanol–water partition coefficient (Wildman–Crippen LogP) is 8.13. The van der Waals surface area contributed by atoms with E-state index in [-0.39, 0.29) is 32.3 Å². The van der Waals surface area contributed by atoms with Gasteiger partial charge in [-0.05, 0) is 34.4 Å². The number of ether oxygens (including phenoxy) is 6. The first-order valence-electron chi connectivity index (χ1n) is 18.9. The first-order valence-corrected chi connectivity index (χ1v) is 20.1. The smallest absolute Gasteiger partial charge is 0.355 e. The third-order valence-electron chi connectivity index (χ3n) is 9.48. The van der Waals surface area contributed by atoms with Crippen molar-refractivity contribution >= 4 is 35.2 Å². The molecule has 0 radical (unpaired) electrons. The molecule has 5 aromatic rings. The lowest BCUT2D eigenvalue weighted by molar-refractivity contribution is -0.230. The molecular weight excluding hydrogens is 762 g/mol. The molecule has 1 fully saturated rings. The number of carbonyl (C=O) groups excluding carboxylic acids is 2. The Kier molecular flexibility index (Phi) is 15.7. The number of hydrogen-bond acceptors (Lipinski definition) is 9. The van der Waals surface area contributed by atoms with Gasteiger partial charge in [-0.2, -0.15) is 0 Å². The minimum Gasteiger partial charge on any atom is -0.466 e. The number of nitrogens with one attached hydrogen (secondary N) is 1. The second-order valence-corrected chi connectivity index (χ2v) is 15.4. The summed E-state index contributed by atoms with van der Waals surface area (Å²) in [5.41, 5.74) is 3.69. The zero-order chi connectivity index (χ0) is 39.9. The molecule has 0 unspecified atom stereocenters. The van der Waals surface area contributed by atoms with Crippen molar-refractivity contribution in [2.75, 3.05) is 13.7 Å². The number of esters is 1. The molecule has 1 heterocycles. The SMILES string of the molecule is COC(=O)[C@]1(Cl)O[C@@H]([C@H](OCc2ccccc2)[C@H](COCc2ccccc2)OCc2ccccc2)[C@H](NC(C)=O)[C@@H](OCc2ccccc2)[C@@H]1Sc1ccccc1. The summed E-state index contributed by atoms with van der Waals surface area (Å²) in [6.45, 7) is 2.31. The number of hydrogen-bond donors (Lipinski definition) is 1. The lowest BCUT2D eigenvalue weighted by Crippen LogP contribution is -2.72. The van der Waals surface area contributed by atoms with Crippen molar-refractivity contribution in [3.63, 3.8) is 0 Å². The van der Waals surface area contributed by atoms with Crippen LogP contribution in [0.4, 0.5) is 0 Å². The fourth-order valence-electron chi connectivity index (χ4n) is 6.71. The summed E-state index contributed by atoms with van der Waals surface area (Å²) in [7, 11) is 1.27. The van der Waals surface area contributed by atoms with E-state index >= 15 is 0 Å². The standard InChI is InChI=1S/C46H48ClNO8S/c1-33(49)48-40-42(56-46(47,45(50)51-2)44(57-38-26-16-7-17-27-38)43(40)55-31-37-24-14-6-15-25-37)41(54-30-36-22-12-5-13-23-36)39(53-29-35-20-10-4-11-21-35)32-52-28-34-18-8-3-9-19-34/h3-27,39-44H,28-32H2,1-2H3,(H,48,49)/t39-,40-,41+,42+,43+,44-,46+/m0/s1. The molecule has 298 valence electrons. The van der Waals surface area contributed by atoms with Gasteiger partial charge in [-0.3, -0.25) is 4.79 Å². The molecule has 7 atom stereocenters. The lowest BCUT2D eigenvalue weighted by Gasteiger charge is -2.51. The molecule has 0 aliphatic carbocycles. The minimum atomic E-state index is -2.11. The second-order valence-electron chi connectivity index (χ2n) is 13.7. The highest BCUT2D eigenvalue weighted by Gasteiger charge is 2.62. The molecule has 0 spiro atoms. The van der Waals surface area contributed by atoms with Gasteiger partial charge in [0.1, 0.15) is 18.3 Å². The normalized spacial score (nSPS) is 21.6. The zero-order valence-electron chi connectivity index (χ0n) is 32.0.